The van der Waals surface area contributed by atoms with Gasteiger partial charge in [0.05, 0.1) is 0 Å². The Labute approximate surface area is 140 Å². The maximum Gasteiger partial charge on any atom is 0.115 e. The van der Waals surface area contributed by atoms with Crippen LogP contribution in [0.25, 0.3) is 11.5 Å². The zero-order valence-corrected chi connectivity index (χ0v) is 14.5. The second-order valence-electron chi connectivity index (χ2n) is 4.19. The molecule has 0 fully saturated rings. The van der Waals surface area contributed by atoms with E-state index in [0.29, 0.717) is 11.1 Å². The molecule has 0 radical (unpaired) electrons. The predicted molar refractivity (Wildman–Crippen MR) is 82.0 cm³/mol. The molecule has 0 aliphatic carbocycles. The Kier molecular flexibility index (Phi) is 8.08. The maximum absolute atomic E-state index is 9.37. The van der Waals surface area contributed by atoms with Crippen molar-refractivity contribution in [3.05, 3.63) is 71.1 Å². The fourth-order valence-corrected chi connectivity index (χ4v) is 1.82. The Hall–Kier alpha value is -0.772. The molecular formula is C14H14Cl2N2O2Pt. The van der Waals surface area contributed by atoms with Crippen LogP contribution in [-0.4, -0.2) is 10.2 Å². The molecule has 0 saturated carbocycles. The minimum atomic E-state index is -0.807. The van der Waals surface area contributed by atoms with Crippen molar-refractivity contribution >= 4 is 18.8 Å². The van der Waals surface area contributed by atoms with Crippen LogP contribution in [0.5, 0.6) is 11.5 Å². The molecule has 116 valence electrons. The molecule has 2 aromatic rings. The number of phenols is 2. The van der Waals surface area contributed by atoms with Crippen molar-refractivity contribution in [1.29, 1.82) is 0 Å². The van der Waals surface area contributed by atoms with Crippen molar-refractivity contribution in [2.45, 2.75) is 12.1 Å². The largest absolute Gasteiger partial charge is 0.672 e. The first-order valence-corrected chi connectivity index (χ1v) is 11.4. The third kappa shape index (κ3) is 5.85. The molecule has 21 heavy (non-hydrogen) atoms. The molecule has 0 spiro atoms. The van der Waals surface area contributed by atoms with Crippen molar-refractivity contribution in [3.63, 3.8) is 0 Å². The van der Waals surface area contributed by atoms with Gasteiger partial charge in [-0.25, -0.2) is 0 Å². The van der Waals surface area contributed by atoms with Gasteiger partial charge >= 0.3 is 35.3 Å². The van der Waals surface area contributed by atoms with Gasteiger partial charge in [0.2, 0.25) is 0 Å². The number of rotatable bonds is 3. The second-order valence-corrected chi connectivity index (χ2v) is 7.47. The first-order chi connectivity index (χ1) is 9.99. The average molecular weight is 508 g/mol. The van der Waals surface area contributed by atoms with Gasteiger partial charge in [0, 0.05) is 0 Å². The van der Waals surface area contributed by atoms with Crippen molar-refractivity contribution < 1.29 is 26.7 Å². The molecule has 2 rings (SSSR count). The van der Waals surface area contributed by atoms with Gasteiger partial charge in [0.25, 0.3) is 0 Å². The van der Waals surface area contributed by atoms with Crippen LogP contribution in [0.2, 0.25) is 0 Å². The number of hydrogen-bond acceptors (Lipinski definition) is 2. The number of benzene rings is 2. The maximum atomic E-state index is 9.37. The second kappa shape index (κ2) is 9.29. The monoisotopic (exact) mass is 507 g/mol. The van der Waals surface area contributed by atoms with E-state index in [1.807, 2.05) is 0 Å². The number of aromatic hydroxyl groups is 2. The molecule has 2 aromatic carbocycles. The molecule has 0 saturated heterocycles. The Balaban J connectivity index is 0.000000677. The Morgan fingerprint density at radius 2 is 1.14 bits per heavy atom. The van der Waals surface area contributed by atoms with Gasteiger partial charge in [-0.3, -0.25) is 0 Å². The summed E-state index contributed by atoms with van der Waals surface area (Å²) in [5, 5.41) is 18.7. The number of nitrogens with one attached hydrogen (secondary N) is 2. The van der Waals surface area contributed by atoms with E-state index in [1.165, 1.54) is 24.3 Å². The third-order valence-corrected chi connectivity index (χ3v) is 2.79. The van der Waals surface area contributed by atoms with Gasteiger partial charge in [-0.1, -0.05) is 35.4 Å². The van der Waals surface area contributed by atoms with Crippen molar-refractivity contribution in [2.75, 3.05) is 0 Å². The molecule has 2 unspecified atom stereocenters. The standard InChI is InChI=1S/C14H14N2O2.2ClH.Pt/c15-13(9-3-1-5-11(17)7-9)14(16)10-4-2-6-12(18)8-10;;;/h1-8,13-18H;2*1H;/q-2;;;+4/p-2. The molecule has 0 heterocycles. The summed E-state index contributed by atoms with van der Waals surface area (Å²) in [4.78, 5) is 0. The summed E-state index contributed by atoms with van der Waals surface area (Å²) in [5.74, 6) is 0.181. The molecule has 4 nitrogen and oxygen atoms in total. The van der Waals surface area contributed by atoms with Gasteiger partial charge in [-0.15, -0.1) is 12.1 Å². The molecule has 0 aromatic heterocycles. The molecule has 0 aliphatic rings. The van der Waals surface area contributed by atoms with E-state index in [9.17, 15) is 10.2 Å². The summed E-state index contributed by atoms with van der Waals surface area (Å²) >= 11 is -0.472. The fourth-order valence-electron chi connectivity index (χ4n) is 1.82. The van der Waals surface area contributed by atoms with Crippen molar-refractivity contribution in [3.8, 4) is 11.5 Å². The summed E-state index contributed by atoms with van der Waals surface area (Å²) in [7, 11) is 9.75. The SMILES string of the molecule is [Cl][Pt+2][Cl].[NH-]C(c1cccc(O)c1)C([NH-])c1cccc(O)c1. The smallest absolute Gasteiger partial charge is 0.115 e. The summed E-state index contributed by atoms with van der Waals surface area (Å²) in [6.45, 7) is 0. The van der Waals surface area contributed by atoms with Gasteiger partial charge in [0.1, 0.15) is 11.5 Å². The molecule has 4 N–H and O–H groups in total. The van der Waals surface area contributed by atoms with E-state index in [4.69, 9.17) is 30.3 Å². The van der Waals surface area contributed by atoms with Crippen LogP contribution in [-0.2, 0) is 16.5 Å². The first-order valence-electron chi connectivity index (χ1n) is 5.82. The summed E-state index contributed by atoms with van der Waals surface area (Å²) in [5.41, 5.74) is 17.3. The van der Waals surface area contributed by atoms with E-state index < -0.39 is 28.6 Å². The zero-order valence-electron chi connectivity index (χ0n) is 10.7. The van der Waals surface area contributed by atoms with E-state index in [1.54, 1.807) is 24.3 Å². The van der Waals surface area contributed by atoms with Crippen molar-refractivity contribution in [1.82, 2.24) is 0 Å². The van der Waals surface area contributed by atoms with Gasteiger partial charge < -0.3 is 21.7 Å². The predicted octanol–water partition coefficient (Wildman–Crippen LogP) is 5.36. The Morgan fingerprint density at radius 1 is 0.810 bits per heavy atom. The van der Waals surface area contributed by atoms with Crippen molar-refractivity contribution in [2.24, 2.45) is 0 Å². The summed E-state index contributed by atoms with van der Waals surface area (Å²) in [6, 6.07) is 11.2. The van der Waals surface area contributed by atoms with Crippen LogP contribution in [0.4, 0.5) is 0 Å². The minimum Gasteiger partial charge on any atom is -0.672 e. The number of phenolic OH excluding ortho intramolecular Hbond substituents is 2. The molecule has 7 heteroatoms. The third-order valence-electron chi connectivity index (χ3n) is 2.79. The van der Waals surface area contributed by atoms with E-state index in [2.05, 4.69) is 0 Å². The normalized spacial score (nSPS) is 13.1. The summed E-state index contributed by atoms with van der Waals surface area (Å²) < 4.78 is 0. The average Bonchev–Trinajstić information content (AvgIpc) is 2.46. The number of halogens is 2. The van der Waals surface area contributed by atoms with Gasteiger partial charge in [-0.2, -0.15) is 0 Å². The molecule has 0 amide bonds. The molecular weight excluding hydrogens is 494 g/mol. The van der Waals surface area contributed by atoms with Gasteiger partial charge in [-0.05, 0) is 24.3 Å². The van der Waals surface area contributed by atoms with Crippen LogP contribution in [0.1, 0.15) is 23.2 Å². The topological polar surface area (TPSA) is 88.1 Å². The Morgan fingerprint density at radius 3 is 1.43 bits per heavy atom. The van der Waals surface area contributed by atoms with Crippen LogP contribution >= 0.6 is 18.8 Å². The zero-order chi connectivity index (χ0) is 15.8. The quantitative estimate of drug-likeness (QED) is 0.585. The van der Waals surface area contributed by atoms with Gasteiger partial charge in [0.15, 0.2) is 0 Å². The molecule has 0 aliphatic heterocycles. The summed E-state index contributed by atoms with van der Waals surface area (Å²) in [6.07, 6.45) is 0. The Bertz CT molecular complexity index is 523. The van der Waals surface area contributed by atoms with Crippen LogP contribution in [0.15, 0.2) is 48.5 Å². The fraction of sp³-hybridized carbons (Fsp3) is 0.143. The van der Waals surface area contributed by atoms with E-state index in [-0.39, 0.29) is 11.5 Å². The molecule has 2 atom stereocenters. The van der Waals surface area contributed by atoms with Crippen LogP contribution < -0.4 is 0 Å². The van der Waals surface area contributed by atoms with E-state index in [0.717, 1.165) is 0 Å². The number of hydrogen-bond donors (Lipinski definition) is 2. The van der Waals surface area contributed by atoms with Crippen LogP contribution in [0.3, 0.4) is 0 Å². The first kappa shape index (κ1) is 18.3. The van der Waals surface area contributed by atoms with Crippen LogP contribution in [0, 0.1) is 0 Å². The van der Waals surface area contributed by atoms with E-state index >= 15 is 0 Å². The molecule has 0 bridgehead atoms. The minimum absolute atomic E-state index is 0.0906.